The Labute approximate surface area is 145 Å². The molecule has 0 spiro atoms. The van der Waals surface area contributed by atoms with Gasteiger partial charge in [0.2, 0.25) is 0 Å². The second-order valence-corrected chi connectivity index (χ2v) is 6.32. The van der Waals surface area contributed by atoms with E-state index in [9.17, 15) is 4.79 Å². The Hall–Kier alpha value is -2.89. The standard InChI is InChI=1S/C19H20N4O2/c1-12-5-6-14-13(7-8-16(25-2)18(14)21-12)17-15(11-20-22-19(17)24)23-9-3-4-10-23/h5-8,11H,3-4,9-10H2,1-2H3,(H,22,24). The Kier molecular flexibility index (Phi) is 3.87. The number of aromatic nitrogens is 3. The number of benzene rings is 1. The maximum absolute atomic E-state index is 12.7. The van der Waals surface area contributed by atoms with Crippen LogP contribution in [0.3, 0.4) is 0 Å². The maximum Gasteiger partial charge on any atom is 0.274 e. The van der Waals surface area contributed by atoms with Gasteiger partial charge in [-0.3, -0.25) is 4.79 Å². The Morgan fingerprint density at radius 3 is 2.72 bits per heavy atom. The molecule has 4 rings (SSSR count). The minimum atomic E-state index is -0.184. The number of aromatic amines is 1. The number of nitrogens with one attached hydrogen (secondary N) is 1. The summed E-state index contributed by atoms with van der Waals surface area (Å²) < 4.78 is 5.46. The number of pyridine rings is 1. The lowest BCUT2D eigenvalue weighted by atomic mass is 9.99. The van der Waals surface area contributed by atoms with Gasteiger partial charge in [-0.2, -0.15) is 5.10 Å². The fraction of sp³-hybridized carbons (Fsp3) is 0.316. The van der Waals surface area contributed by atoms with Gasteiger partial charge in [0.1, 0.15) is 11.3 Å². The van der Waals surface area contributed by atoms with E-state index < -0.39 is 0 Å². The van der Waals surface area contributed by atoms with Crippen molar-refractivity contribution in [2.45, 2.75) is 19.8 Å². The Bertz CT molecular complexity index is 990. The van der Waals surface area contributed by atoms with E-state index in [2.05, 4.69) is 20.1 Å². The van der Waals surface area contributed by atoms with Crippen LogP contribution in [-0.4, -0.2) is 35.4 Å². The summed E-state index contributed by atoms with van der Waals surface area (Å²) in [7, 11) is 1.63. The minimum Gasteiger partial charge on any atom is -0.494 e. The molecule has 0 saturated carbocycles. The molecule has 6 heteroatoms. The van der Waals surface area contributed by atoms with Crippen LogP contribution >= 0.6 is 0 Å². The smallest absolute Gasteiger partial charge is 0.274 e. The van der Waals surface area contributed by atoms with Crippen LogP contribution in [0.4, 0.5) is 5.69 Å². The molecule has 6 nitrogen and oxygen atoms in total. The zero-order valence-corrected chi connectivity index (χ0v) is 14.4. The van der Waals surface area contributed by atoms with Crippen molar-refractivity contribution >= 4 is 16.6 Å². The van der Waals surface area contributed by atoms with E-state index in [0.717, 1.165) is 53.8 Å². The van der Waals surface area contributed by atoms with Crippen LogP contribution in [0.2, 0.25) is 0 Å². The third kappa shape index (κ3) is 2.63. The molecule has 3 heterocycles. The number of methoxy groups -OCH3 is 1. The van der Waals surface area contributed by atoms with E-state index in [1.165, 1.54) is 0 Å². The number of aryl methyl sites for hydroxylation is 1. The number of ether oxygens (including phenoxy) is 1. The maximum atomic E-state index is 12.7. The molecular formula is C19H20N4O2. The topological polar surface area (TPSA) is 71.1 Å². The van der Waals surface area contributed by atoms with Crippen LogP contribution in [-0.2, 0) is 0 Å². The number of nitrogens with zero attached hydrogens (tertiary/aromatic N) is 3. The van der Waals surface area contributed by atoms with Crippen molar-refractivity contribution < 1.29 is 4.74 Å². The summed E-state index contributed by atoms with van der Waals surface area (Å²) in [5.41, 5.74) is 3.88. The van der Waals surface area contributed by atoms with Gasteiger partial charge in [0.25, 0.3) is 5.56 Å². The van der Waals surface area contributed by atoms with E-state index in [1.807, 2.05) is 31.2 Å². The van der Waals surface area contributed by atoms with Crippen LogP contribution in [0, 0.1) is 6.92 Å². The average molecular weight is 336 g/mol. The molecule has 3 aromatic rings. The Morgan fingerprint density at radius 1 is 1.16 bits per heavy atom. The first-order valence-electron chi connectivity index (χ1n) is 8.46. The van der Waals surface area contributed by atoms with Crippen molar-refractivity contribution in [3.8, 4) is 16.9 Å². The summed E-state index contributed by atoms with van der Waals surface area (Å²) in [5.74, 6) is 0.704. The molecule has 0 amide bonds. The summed E-state index contributed by atoms with van der Waals surface area (Å²) in [4.78, 5) is 19.5. The molecule has 25 heavy (non-hydrogen) atoms. The number of rotatable bonds is 3. The van der Waals surface area contributed by atoms with Crippen LogP contribution in [0.15, 0.2) is 35.3 Å². The van der Waals surface area contributed by atoms with Gasteiger partial charge in [-0.05, 0) is 43.5 Å². The van der Waals surface area contributed by atoms with Crippen LogP contribution in [0.25, 0.3) is 22.0 Å². The average Bonchev–Trinajstić information content (AvgIpc) is 3.15. The van der Waals surface area contributed by atoms with Gasteiger partial charge in [-0.25, -0.2) is 10.1 Å². The molecule has 0 aliphatic carbocycles. The van der Waals surface area contributed by atoms with Crippen molar-refractivity contribution in [2.75, 3.05) is 25.1 Å². The van der Waals surface area contributed by atoms with Gasteiger partial charge in [0.05, 0.1) is 24.6 Å². The van der Waals surface area contributed by atoms with Crippen molar-refractivity contribution in [3.05, 3.63) is 46.5 Å². The third-order valence-electron chi connectivity index (χ3n) is 4.73. The summed E-state index contributed by atoms with van der Waals surface area (Å²) in [6, 6.07) is 7.76. The lowest BCUT2D eigenvalue weighted by Gasteiger charge is -2.21. The van der Waals surface area contributed by atoms with E-state index in [1.54, 1.807) is 13.3 Å². The van der Waals surface area contributed by atoms with Crippen LogP contribution in [0.5, 0.6) is 5.75 Å². The molecule has 1 fully saturated rings. The van der Waals surface area contributed by atoms with Crippen molar-refractivity contribution in [3.63, 3.8) is 0 Å². The largest absolute Gasteiger partial charge is 0.494 e. The van der Waals surface area contributed by atoms with Crippen LogP contribution < -0.4 is 15.2 Å². The zero-order valence-electron chi connectivity index (χ0n) is 14.4. The number of H-pyrrole nitrogens is 1. The first-order chi connectivity index (χ1) is 12.2. The van der Waals surface area contributed by atoms with Crippen molar-refractivity contribution in [1.82, 2.24) is 15.2 Å². The van der Waals surface area contributed by atoms with Gasteiger partial charge in [0.15, 0.2) is 0 Å². The highest BCUT2D eigenvalue weighted by Gasteiger charge is 2.21. The van der Waals surface area contributed by atoms with Gasteiger partial charge >= 0.3 is 0 Å². The molecule has 1 aromatic carbocycles. The molecule has 1 N–H and O–H groups in total. The molecule has 1 saturated heterocycles. The van der Waals surface area contributed by atoms with E-state index in [0.29, 0.717) is 11.3 Å². The first kappa shape index (κ1) is 15.6. The molecule has 2 aromatic heterocycles. The number of hydrogen-bond acceptors (Lipinski definition) is 5. The molecule has 0 bridgehead atoms. The Balaban J connectivity index is 2.01. The summed E-state index contributed by atoms with van der Waals surface area (Å²) in [6.45, 7) is 3.84. The highest BCUT2D eigenvalue weighted by molar-refractivity contribution is 6.00. The highest BCUT2D eigenvalue weighted by Crippen LogP contribution is 2.36. The van der Waals surface area contributed by atoms with Gasteiger partial charge in [-0.15, -0.1) is 0 Å². The lowest BCUT2D eigenvalue weighted by Crippen LogP contribution is -2.23. The van der Waals surface area contributed by atoms with E-state index in [-0.39, 0.29) is 5.56 Å². The molecule has 0 atom stereocenters. The molecule has 0 unspecified atom stereocenters. The minimum absolute atomic E-state index is 0.184. The molecule has 0 radical (unpaired) electrons. The molecular weight excluding hydrogens is 316 g/mol. The number of hydrogen-bond donors (Lipinski definition) is 1. The number of anilines is 1. The van der Waals surface area contributed by atoms with E-state index in [4.69, 9.17) is 4.74 Å². The summed E-state index contributed by atoms with van der Waals surface area (Å²) in [5, 5.41) is 7.51. The van der Waals surface area contributed by atoms with Crippen LogP contribution in [0.1, 0.15) is 18.5 Å². The predicted molar refractivity (Wildman–Crippen MR) is 98.3 cm³/mol. The van der Waals surface area contributed by atoms with Gasteiger partial charge in [0, 0.05) is 24.2 Å². The summed E-state index contributed by atoms with van der Waals surface area (Å²) in [6.07, 6.45) is 4.02. The normalized spacial score (nSPS) is 14.2. The van der Waals surface area contributed by atoms with Crippen molar-refractivity contribution in [1.29, 1.82) is 0 Å². The van der Waals surface area contributed by atoms with Crippen molar-refractivity contribution in [2.24, 2.45) is 0 Å². The summed E-state index contributed by atoms with van der Waals surface area (Å²) >= 11 is 0. The fourth-order valence-corrected chi connectivity index (χ4v) is 3.52. The molecule has 1 aliphatic rings. The number of fused-ring (bicyclic) bond motifs is 1. The monoisotopic (exact) mass is 336 g/mol. The SMILES string of the molecule is COc1ccc(-c2c(N3CCCC3)cn[nH]c2=O)c2ccc(C)nc12. The fourth-order valence-electron chi connectivity index (χ4n) is 3.52. The zero-order chi connectivity index (χ0) is 17.4. The second-order valence-electron chi connectivity index (χ2n) is 6.32. The predicted octanol–water partition coefficient (Wildman–Crippen LogP) is 2.90. The lowest BCUT2D eigenvalue weighted by molar-refractivity contribution is 0.419. The van der Waals surface area contributed by atoms with Gasteiger partial charge in [-0.1, -0.05) is 6.07 Å². The molecule has 128 valence electrons. The molecule has 1 aliphatic heterocycles. The van der Waals surface area contributed by atoms with E-state index >= 15 is 0 Å². The van der Waals surface area contributed by atoms with Gasteiger partial charge < -0.3 is 9.64 Å². The first-order valence-corrected chi connectivity index (χ1v) is 8.46. The Morgan fingerprint density at radius 2 is 1.96 bits per heavy atom. The second kappa shape index (κ2) is 6.20. The highest BCUT2D eigenvalue weighted by atomic mass is 16.5. The third-order valence-corrected chi connectivity index (χ3v) is 4.73. The quantitative estimate of drug-likeness (QED) is 0.796.